The van der Waals surface area contributed by atoms with E-state index in [9.17, 15) is 9.59 Å². The summed E-state index contributed by atoms with van der Waals surface area (Å²) in [6.07, 6.45) is 1.46. The second kappa shape index (κ2) is 5.43. The zero-order chi connectivity index (χ0) is 16.6. The van der Waals surface area contributed by atoms with E-state index >= 15 is 0 Å². The molecule has 0 spiro atoms. The third-order valence-corrected chi connectivity index (χ3v) is 3.34. The minimum Gasteiger partial charge on any atom is -0.461 e. The molecule has 3 rings (SSSR count). The lowest BCUT2D eigenvalue weighted by molar-refractivity contribution is -0.222. The monoisotopic (exact) mass is 312 g/mol. The number of cyclic esters (lactones) is 2. The normalized spacial score (nSPS) is 16.7. The third kappa shape index (κ3) is 3.18. The molecule has 1 aliphatic heterocycles. The highest BCUT2D eigenvalue weighted by Gasteiger charge is 2.38. The van der Waals surface area contributed by atoms with Gasteiger partial charge in [0.25, 0.3) is 5.79 Å². The Morgan fingerprint density at radius 2 is 1.70 bits per heavy atom. The van der Waals surface area contributed by atoms with E-state index in [1.165, 1.54) is 19.9 Å². The average Bonchev–Trinajstić information content (AvgIpc) is 2.89. The quantitative estimate of drug-likeness (QED) is 0.482. The Balaban J connectivity index is 1.94. The maximum Gasteiger partial charge on any atom is 0.348 e. The lowest BCUT2D eigenvalue weighted by atomic mass is 10.1. The molecule has 0 atom stereocenters. The fourth-order valence-corrected chi connectivity index (χ4v) is 2.32. The van der Waals surface area contributed by atoms with Gasteiger partial charge in [-0.25, -0.2) is 9.59 Å². The van der Waals surface area contributed by atoms with Crippen LogP contribution in [0.4, 0.5) is 0 Å². The molecule has 5 heteroatoms. The predicted molar refractivity (Wildman–Crippen MR) is 83.1 cm³/mol. The molecule has 0 unspecified atom stereocenters. The smallest absolute Gasteiger partial charge is 0.348 e. The molecule has 2 aromatic rings. The number of aryl methyl sites for hydroxylation is 1. The number of hydrogen-bond donors (Lipinski definition) is 0. The molecule has 0 saturated carbocycles. The van der Waals surface area contributed by atoms with Gasteiger partial charge in [-0.3, -0.25) is 0 Å². The van der Waals surface area contributed by atoms with Crippen molar-refractivity contribution in [2.24, 2.45) is 0 Å². The van der Waals surface area contributed by atoms with Gasteiger partial charge in [0.1, 0.15) is 17.1 Å². The van der Waals surface area contributed by atoms with Crippen molar-refractivity contribution in [3.05, 3.63) is 53.3 Å². The van der Waals surface area contributed by atoms with Gasteiger partial charge in [-0.2, -0.15) is 0 Å². The van der Waals surface area contributed by atoms with Gasteiger partial charge in [-0.1, -0.05) is 18.2 Å². The number of carbonyl (C=O) groups is 2. The molecule has 0 amide bonds. The van der Waals surface area contributed by atoms with Gasteiger partial charge < -0.3 is 13.9 Å². The number of furan rings is 1. The third-order valence-electron chi connectivity index (χ3n) is 3.34. The molecular formula is C18H16O5. The van der Waals surface area contributed by atoms with Crippen LogP contribution < -0.4 is 0 Å². The molecule has 0 aliphatic carbocycles. The second-order valence-electron chi connectivity index (χ2n) is 5.77. The van der Waals surface area contributed by atoms with Crippen LogP contribution in [0.1, 0.15) is 25.2 Å². The number of hydrogen-bond acceptors (Lipinski definition) is 5. The summed E-state index contributed by atoms with van der Waals surface area (Å²) in [6.45, 7) is 4.89. The molecule has 1 saturated heterocycles. The molecule has 118 valence electrons. The lowest BCUT2D eigenvalue weighted by Crippen LogP contribution is -2.41. The van der Waals surface area contributed by atoms with E-state index in [1.807, 2.05) is 37.3 Å². The first-order valence-electron chi connectivity index (χ1n) is 7.19. The maximum atomic E-state index is 12.0. The highest BCUT2D eigenvalue weighted by Crippen LogP contribution is 2.26. The number of ether oxygens (including phenoxy) is 2. The van der Waals surface area contributed by atoms with Crippen molar-refractivity contribution in [3.63, 3.8) is 0 Å². The molecule has 5 nitrogen and oxygen atoms in total. The fraction of sp³-hybridized carbons (Fsp3) is 0.222. The van der Waals surface area contributed by atoms with Crippen molar-refractivity contribution in [2.75, 3.05) is 0 Å². The Hall–Kier alpha value is -2.82. The van der Waals surface area contributed by atoms with E-state index in [4.69, 9.17) is 13.9 Å². The first-order valence-corrected chi connectivity index (χ1v) is 7.19. The first kappa shape index (κ1) is 15.1. The van der Waals surface area contributed by atoms with Crippen LogP contribution in [0, 0.1) is 6.92 Å². The van der Waals surface area contributed by atoms with Crippen molar-refractivity contribution in [2.45, 2.75) is 26.6 Å². The number of carbonyl (C=O) groups excluding carboxylic acids is 2. The Morgan fingerprint density at radius 3 is 2.30 bits per heavy atom. The van der Waals surface area contributed by atoms with Gasteiger partial charge in [-0.05, 0) is 36.8 Å². The van der Waals surface area contributed by atoms with Gasteiger partial charge in [0, 0.05) is 19.4 Å². The predicted octanol–water partition coefficient (Wildman–Crippen LogP) is 3.47. The molecule has 1 aromatic heterocycles. The van der Waals surface area contributed by atoms with E-state index in [-0.39, 0.29) is 5.57 Å². The van der Waals surface area contributed by atoms with E-state index in [2.05, 4.69) is 0 Å². The minimum absolute atomic E-state index is 0.128. The first-order chi connectivity index (χ1) is 10.8. The Morgan fingerprint density at radius 1 is 1.00 bits per heavy atom. The minimum atomic E-state index is -1.24. The molecule has 0 radical (unpaired) electrons. The summed E-state index contributed by atoms with van der Waals surface area (Å²) in [5.41, 5.74) is 1.41. The maximum absolute atomic E-state index is 12.0. The Bertz CT molecular complexity index is 788. The van der Waals surface area contributed by atoms with Crippen LogP contribution in [0.5, 0.6) is 0 Å². The van der Waals surface area contributed by atoms with E-state index in [1.54, 1.807) is 6.07 Å². The molecule has 0 bridgehead atoms. The summed E-state index contributed by atoms with van der Waals surface area (Å²) in [4.78, 5) is 23.9. The number of rotatable bonds is 2. The topological polar surface area (TPSA) is 65.7 Å². The van der Waals surface area contributed by atoms with Crippen LogP contribution in [-0.2, 0) is 19.1 Å². The van der Waals surface area contributed by atoms with Crippen molar-refractivity contribution in [1.29, 1.82) is 0 Å². The van der Waals surface area contributed by atoms with E-state index in [0.29, 0.717) is 5.56 Å². The van der Waals surface area contributed by atoms with Gasteiger partial charge in [0.15, 0.2) is 0 Å². The Kier molecular flexibility index (Phi) is 3.56. The van der Waals surface area contributed by atoms with Gasteiger partial charge >= 0.3 is 11.9 Å². The second-order valence-corrected chi connectivity index (χ2v) is 5.77. The van der Waals surface area contributed by atoms with Crippen LogP contribution >= 0.6 is 0 Å². The molecule has 0 N–H and O–H groups in total. The summed E-state index contributed by atoms with van der Waals surface area (Å²) in [5, 5.41) is 0. The molecule has 1 aliphatic rings. The molecule has 1 aromatic carbocycles. The number of esters is 2. The van der Waals surface area contributed by atoms with Crippen molar-refractivity contribution in [3.8, 4) is 11.3 Å². The van der Waals surface area contributed by atoms with Crippen LogP contribution in [0.2, 0.25) is 0 Å². The van der Waals surface area contributed by atoms with Gasteiger partial charge in [0.05, 0.1) is 0 Å². The summed E-state index contributed by atoms with van der Waals surface area (Å²) < 4.78 is 15.7. The van der Waals surface area contributed by atoms with Crippen LogP contribution in [0.25, 0.3) is 17.4 Å². The zero-order valence-electron chi connectivity index (χ0n) is 13.1. The largest absolute Gasteiger partial charge is 0.461 e. The van der Waals surface area contributed by atoms with Gasteiger partial charge in [0.2, 0.25) is 0 Å². The van der Waals surface area contributed by atoms with Gasteiger partial charge in [-0.15, -0.1) is 0 Å². The molecule has 2 heterocycles. The molecule has 1 fully saturated rings. The standard InChI is InChI=1S/C18H16O5/c1-11-7-8-15(21-11)13-6-4-5-12(9-13)10-14-16(19)22-18(2,3)23-17(14)20/h4-10H,1-3H3. The fourth-order valence-electron chi connectivity index (χ4n) is 2.32. The summed E-state index contributed by atoms with van der Waals surface area (Å²) in [7, 11) is 0. The highest BCUT2D eigenvalue weighted by atomic mass is 16.7. The highest BCUT2D eigenvalue weighted by molar-refractivity contribution is 6.18. The lowest BCUT2D eigenvalue weighted by Gasteiger charge is -2.29. The number of benzene rings is 1. The summed E-state index contributed by atoms with van der Waals surface area (Å²) in [6, 6.07) is 11.1. The summed E-state index contributed by atoms with van der Waals surface area (Å²) in [5.74, 6) is -1.09. The zero-order valence-corrected chi connectivity index (χ0v) is 13.1. The van der Waals surface area contributed by atoms with E-state index < -0.39 is 17.7 Å². The average molecular weight is 312 g/mol. The molecular weight excluding hydrogens is 296 g/mol. The van der Waals surface area contributed by atoms with Crippen LogP contribution in [-0.4, -0.2) is 17.7 Å². The van der Waals surface area contributed by atoms with Crippen molar-refractivity contribution >= 4 is 18.0 Å². The van der Waals surface area contributed by atoms with Crippen LogP contribution in [0.3, 0.4) is 0 Å². The molecule has 23 heavy (non-hydrogen) atoms. The Labute approximate surface area is 133 Å². The van der Waals surface area contributed by atoms with Crippen LogP contribution in [0.15, 0.2) is 46.4 Å². The van der Waals surface area contributed by atoms with Crippen molar-refractivity contribution < 1.29 is 23.5 Å². The summed E-state index contributed by atoms with van der Waals surface area (Å²) >= 11 is 0. The SMILES string of the molecule is Cc1ccc(-c2cccc(C=C3C(=O)OC(C)(C)OC3=O)c2)o1. The van der Waals surface area contributed by atoms with E-state index in [0.717, 1.165) is 17.1 Å². The van der Waals surface area contributed by atoms with Crippen molar-refractivity contribution in [1.82, 2.24) is 0 Å².